The predicted molar refractivity (Wildman–Crippen MR) is 151 cm³/mol. The van der Waals surface area contributed by atoms with E-state index >= 15 is 0 Å². The summed E-state index contributed by atoms with van der Waals surface area (Å²) in [7, 11) is 1.74. The van der Waals surface area contributed by atoms with Crippen molar-refractivity contribution < 1.29 is 14.3 Å². The van der Waals surface area contributed by atoms with Gasteiger partial charge >= 0.3 is 5.97 Å². The van der Waals surface area contributed by atoms with Crippen molar-refractivity contribution in [2.75, 3.05) is 5.32 Å². The van der Waals surface area contributed by atoms with Gasteiger partial charge < -0.3 is 10.1 Å². The highest BCUT2D eigenvalue weighted by molar-refractivity contribution is 6.07. The van der Waals surface area contributed by atoms with Crippen LogP contribution in [0.3, 0.4) is 0 Å². The zero-order chi connectivity index (χ0) is 27.7. The van der Waals surface area contributed by atoms with Crippen molar-refractivity contribution in [1.29, 1.82) is 0 Å². The highest BCUT2D eigenvalue weighted by atomic mass is 16.5. The molecule has 8 heteroatoms. The highest BCUT2D eigenvalue weighted by Crippen LogP contribution is 2.30. The molecular formula is C31H28N4O4. The molecule has 0 spiro atoms. The molecule has 0 aliphatic heterocycles. The molecule has 1 atom stereocenters. The fourth-order valence-electron chi connectivity index (χ4n) is 4.66. The molecule has 39 heavy (non-hydrogen) atoms. The molecule has 0 fully saturated rings. The number of rotatable bonds is 6. The van der Waals surface area contributed by atoms with E-state index in [4.69, 9.17) is 9.72 Å². The second-order valence-electron chi connectivity index (χ2n) is 9.32. The maximum absolute atomic E-state index is 13.5. The zero-order valence-corrected chi connectivity index (χ0v) is 22.1. The monoisotopic (exact) mass is 520 g/mol. The first-order chi connectivity index (χ1) is 18.8. The normalized spacial score (nSPS) is 11.8. The predicted octanol–water partition coefficient (Wildman–Crippen LogP) is 5.19. The Morgan fingerprint density at radius 1 is 0.897 bits per heavy atom. The first-order valence-electron chi connectivity index (χ1n) is 12.6. The molecule has 0 aliphatic rings. The number of fused-ring (bicyclic) bond motifs is 1. The van der Waals surface area contributed by atoms with Crippen molar-refractivity contribution in [3.8, 4) is 16.9 Å². The van der Waals surface area contributed by atoms with Crippen LogP contribution in [0.4, 0.5) is 5.69 Å². The Bertz CT molecular complexity index is 1750. The Hall–Kier alpha value is -4.98. The number of ether oxygens (including phenoxy) is 1. The number of nitrogens with one attached hydrogen (secondary N) is 1. The summed E-state index contributed by atoms with van der Waals surface area (Å²) in [5, 5.41) is 3.31. The van der Waals surface area contributed by atoms with Crippen LogP contribution in [0.1, 0.15) is 28.5 Å². The molecule has 2 heterocycles. The van der Waals surface area contributed by atoms with Crippen LogP contribution >= 0.6 is 0 Å². The number of anilines is 1. The van der Waals surface area contributed by atoms with Crippen LogP contribution in [-0.4, -0.2) is 32.3 Å². The Morgan fingerprint density at radius 2 is 1.51 bits per heavy atom. The standard InChI is InChI=1S/C31H28N4O4/c1-19-26(24-17-11-12-18-25(24)32-27(19)22-13-7-5-8-14-22)31(38)39-21(3)29(36)33-28-20(2)34(4)35(30(28)37)23-15-9-6-10-16-23/h5-18,21H,1-4H3,(H,33,36). The molecule has 196 valence electrons. The van der Waals surface area contributed by atoms with Crippen LogP contribution < -0.4 is 10.9 Å². The van der Waals surface area contributed by atoms with E-state index in [-0.39, 0.29) is 11.2 Å². The third kappa shape index (κ3) is 4.72. The number of amides is 1. The third-order valence-electron chi connectivity index (χ3n) is 6.84. The SMILES string of the molecule is Cc1c(-c2ccccc2)nc2ccccc2c1C(=O)OC(C)C(=O)Nc1c(C)n(C)n(-c2ccccc2)c1=O. The molecular weight excluding hydrogens is 492 g/mol. The number of para-hydroxylation sites is 2. The lowest BCUT2D eigenvalue weighted by Gasteiger charge is -2.17. The van der Waals surface area contributed by atoms with E-state index in [0.29, 0.717) is 39.1 Å². The van der Waals surface area contributed by atoms with Crippen LogP contribution in [0.25, 0.3) is 27.8 Å². The van der Waals surface area contributed by atoms with Gasteiger partial charge in [-0.25, -0.2) is 14.5 Å². The van der Waals surface area contributed by atoms with Crippen LogP contribution in [0.15, 0.2) is 89.7 Å². The summed E-state index contributed by atoms with van der Waals surface area (Å²) >= 11 is 0. The van der Waals surface area contributed by atoms with E-state index in [9.17, 15) is 14.4 Å². The van der Waals surface area contributed by atoms with Gasteiger partial charge in [-0.3, -0.25) is 14.3 Å². The van der Waals surface area contributed by atoms with Crippen molar-refractivity contribution in [3.63, 3.8) is 0 Å². The summed E-state index contributed by atoms with van der Waals surface area (Å²) in [6.07, 6.45) is -1.16. The Balaban J connectivity index is 1.44. The summed E-state index contributed by atoms with van der Waals surface area (Å²) in [6.45, 7) is 5.05. The number of carbonyl (C=O) groups excluding carboxylic acids is 2. The van der Waals surface area contributed by atoms with Gasteiger partial charge in [0.1, 0.15) is 5.69 Å². The molecule has 0 saturated heterocycles. The molecule has 0 aliphatic carbocycles. The van der Waals surface area contributed by atoms with Gasteiger partial charge in [0.25, 0.3) is 11.5 Å². The number of carbonyl (C=O) groups is 2. The molecule has 3 aromatic carbocycles. The van der Waals surface area contributed by atoms with Gasteiger partial charge in [-0.2, -0.15) is 0 Å². The van der Waals surface area contributed by atoms with Gasteiger partial charge in [-0.15, -0.1) is 0 Å². The summed E-state index contributed by atoms with van der Waals surface area (Å²) in [5.74, 6) is -1.24. The van der Waals surface area contributed by atoms with Crippen LogP contribution in [0.2, 0.25) is 0 Å². The van der Waals surface area contributed by atoms with Crippen molar-refractivity contribution in [3.05, 3.63) is 112 Å². The smallest absolute Gasteiger partial charge is 0.339 e. The van der Waals surface area contributed by atoms with E-state index < -0.39 is 18.0 Å². The molecule has 5 rings (SSSR count). The average Bonchev–Trinajstić information content (AvgIpc) is 3.16. The minimum Gasteiger partial charge on any atom is -0.449 e. The summed E-state index contributed by atoms with van der Waals surface area (Å²) in [5.41, 5.74) is 4.18. The Morgan fingerprint density at radius 3 is 2.21 bits per heavy atom. The van der Waals surface area contributed by atoms with Crippen molar-refractivity contribution in [2.45, 2.75) is 26.9 Å². The molecule has 1 amide bonds. The maximum Gasteiger partial charge on any atom is 0.339 e. The number of esters is 1. The van der Waals surface area contributed by atoms with E-state index in [1.807, 2.05) is 91.9 Å². The third-order valence-corrected chi connectivity index (χ3v) is 6.84. The molecule has 0 bridgehead atoms. The first-order valence-corrected chi connectivity index (χ1v) is 12.6. The Kier molecular flexibility index (Phi) is 6.85. The van der Waals surface area contributed by atoms with E-state index in [2.05, 4.69) is 5.32 Å². The quantitative estimate of drug-likeness (QED) is 0.311. The van der Waals surface area contributed by atoms with Gasteiger partial charge in [0.05, 0.1) is 28.2 Å². The van der Waals surface area contributed by atoms with Gasteiger partial charge in [-0.1, -0.05) is 66.7 Å². The Labute approximate surface area is 225 Å². The number of aromatic nitrogens is 3. The second-order valence-corrected chi connectivity index (χ2v) is 9.32. The number of hydrogen-bond donors (Lipinski definition) is 1. The first kappa shape index (κ1) is 25.7. The fraction of sp³-hybridized carbons (Fsp3) is 0.161. The molecule has 8 nitrogen and oxygen atoms in total. The molecule has 1 N–H and O–H groups in total. The van der Waals surface area contributed by atoms with Gasteiger partial charge in [-0.05, 0) is 44.5 Å². The van der Waals surface area contributed by atoms with Crippen LogP contribution in [0, 0.1) is 13.8 Å². The van der Waals surface area contributed by atoms with Gasteiger partial charge in [0, 0.05) is 18.0 Å². The van der Waals surface area contributed by atoms with Crippen LogP contribution in [-0.2, 0) is 16.6 Å². The lowest BCUT2D eigenvalue weighted by molar-refractivity contribution is -0.123. The highest BCUT2D eigenvalue weighted by Gasteiger charge is 2.26. The lowest BCUT2D eigenvalue weighted by atomic mass is 9.98. The van der Waals surface area contributed by atoms with Gasteiger partial charge in [0.2, 0.25) is 0 Å². The zero-order valence-electron chi connectivity index (χ0n) is 22.1. The average molecular weight is 521 g/mol. The molecule has 5 aromatic rings. The number of pyridine rings is 1. The summed E-state index contributed by atoms with van der Waals surface area (Å²) in [4.78, 5) is 44.6. The molecule has 0 saturated carbocycles. The summed E-state index contributed by atoms with van der Waals surface area (Å²) < 4.78 is 8.80. The van der Waals surface area contributed by atoms with Crippen molar-refractivity contribution in [2.24, 2.45) is 7.05 Å². The van der Waals surface area contributed by atoms with E-state index in [1.165, 1.54) is 11.6 Å². The summed E-state index contributed by atoms with van der Waals surface area (Å²) in [6, 6.07) is 26.1. The molecule has 2 aromatic heterocycles. The fourth-order valence-corrected chi connectivity index (χ4v) is 4.66. The largest absolute Gasteiger partial charge is 0.449 e. The van der Waals surface area contributed by atoms with Crippen LogP contribution in [0.5, 0.6) is 0 Å². The topological polar surface area (TPSA) is 95.2 Å². The number of nitrogens with zero attached hydrogens (tertiary/aromatic N) is 3. The second kappa shape index (κ2) is 10.4. The van der Waals surface area contributed by atoms with Crippen molar-refractivity contribution >= 4 is 28.5 Å². The number of hydrogen-bond acceptors (Lipinski definition) is 5. The number of benzene rings is 3. The van der Waals surface area contributed by atoms with Gasteiger partial charge in [0.15, 0.2) is 6.10 Å². The van der Waals surface area contributed by atoms with Crippen molar-refractivity contribution in [1.82, 2.24) is 14.3 Å². The lowest BCUT2D eigenvalue weighted by Crippen LogP contribution is -2.32. The minimum absolute atomic E-state index is 0.131. The minimum atomic E-state index is -1.16. The molecule has 1 unspecified atom stereocenters. The van der Waals surface area contributed by atoms with E-state index in [1.54, 1.807) is 18.7 Å². The maximum atomic E-state index is 13.5. The molecule has 0 radical (unpaired) electrons. The van der Waals surface area contributed by atoms with E-state index in [0.717, 1.165) is 5.56 Å².